The Morgan fingerprint density at radius 3 is 2.71 bits per heavy atom. The number of hydrogen-bond donors (Lipinski definition) is 0. The van der Waals surface area contributed by atoms with Crippen molar-refractivity contribution in [2.45, 2.75) is 5.92 Å². The van der Waals surface area contributed by atoms with E-state index < -0.39 is 5.92 Å². The van der Waals surface area contributed by atoms with Gasteiger partial charge in [-0.05, 0) is 51.8 Å². The molecule has 0 spiro atoms. The topological polar surface area (TPSA) is 50.1 Å². The van der Waals surface area contributed by atoms with E-state index in [0.29, 0.717) is 26.4 Å². The van der Waals surface area contributed by atoms with Crippen LogP contribution < -0.4 is 4.74 Å². The maximum absolute atomic E-state index is 12.6. The Labute approximate surface area is 136 Å². The molecular formula is C16H11BrClNO2. The van der Waals surface area contributed by atoms with E-state index in [4.69, 9.17) is 16.3 Å². The zero-order valence-electron chi connectivity index (χ0n) is 11.1. The van der Waals surface area contributed by atoms with E-state index in [1.165, 1.54) is 7.11 Å². The van der Waals surface area contributed by atoms with Gasteiger partial charge in [-0.3, -0.25) is 4.79 Å². The van der Waals surface area contributed by atoms with Crippen molar-refractivity contribution in [1.82, 2.24) is 0 Å². The van der Waals surface area contributed by atoms with Crippen LogP contribution in [0.15, 0.2) is 46.9 Å². The summed E-state index contributed by atoms with van der Waals surface area (Å²) >= 11 is 9.18. The average molecular weight is 365 g/mol. The van der Waals surface area contributed by atoms with Gasteiger partial charge >= 0.3 is 0 Å². The predicted molar refractivity (Wildman–Crippen MR) is 84.8 cm³/mol. The van der Waals surface area contributed by atoms with Crippen molar-refractivity contribution < 1.29 is 9.53 Å². The van der Waals surface area contributed by atoms with Gasteiger partial charge in [-0.1, -0.05) is 23.7 Å². The summed E-state index contributed by atoms with van der Waals surface area (Å²) in [4.78, 5) is 12.6. The van der Waals surface area contributed by atoms with Crippen molar-refractivity contribution in [2.24, 2.45) is 0 Å². The molecule has 0 aliphatic rings. The molecule has 0 aliphatic heterocycles. The molecule has 3 nitrogen and oxygen atoms in total. The maximum Gasteiger partial charge on any atom is 0.185 e. The van der Waals surface area contributed by atoms with Gasteiger partial charge in [0, 0.05) is 15.1 Å². The summed E-state index contributed by atoms with van der Waals surface area (Å²) in [5.41, 5.74) is 1.03. The van der Waals surface area contributed by atoms with E-state index in [-0.39, 0.29) is 5.78 Å². The first-order chi connectivity index (χ1) is 10.1. The van der Waals surface area contributed by atoms with Crippen LogP contribution in [0.1, 0.15) is 21.8 Å². The molecule has 0 saturated heterocycles. The van der Waals surface area contributed by atoms with Crippen molar-refractivity contribution in [1.29, 1.82) is 5.26 Å². The summed E-state index contributed by atoms with van der Waals surface area (Å²) in [5.74, 6) is -0.567. The van der Waals surface area contributed by atoms with Gasteiger partial charge in [-0.25, -0.2) is 0 Å². The molecule has 21 heavy (non-hydrogen) atoms. The summed E-state index contributed by atoms with van der Waals surface area (Å²) in [6.45, 7) is 0. The van der Waals surface area contributed by atoms with Crippen LogP contribution in [0, 0.1) is 11.3 Å². The molecule has 0 fully saturated rings. The Balaban J connectivity index is 2.41. The van der Waals surface area contributed by atoms with Crippen LogP contribution in [-0.2, 0) is 0 Å². The fourth-order valence-electron chi connectivity index (χ4n) is 1.95. The highest BCUT2D eigenvalue weighted by molar-refractivity contribution is 9.10. The minimum atomic E-state index is -0.891. The Kier molecular flexibility index (Phi) is 5.00. The SMILES string of the molecule is COc1cccc(C(C#N)C(=O)c2ccc(Cl)cc2Br)c1. The third-order valence-corrected chi connectivity index (χ3v) is 3.91. The first-order valence-electron chi connectivity index (χ1n) is 6.09. The molecule has 0 saturated carbocycles. The van der Waals surface area contributed by atoms with Gasteiger partial charge in [0.05, 0.1) is 13.2 Å². The number of carbonyl (C=O) groups excluding carboxylic acids is 1. The second kappa shape index (κ2) is 6.75. The number of halogens is 2. The number of methoxy groups -OCH3 is 1. The molecule has 1 atom stereocenters. The molecule has 0 aliphatic carbocycles. The van der Waals surface area contributed by atoms with Crippen LogP contribution in [-0.4, -0.2) is 12.9 Å². The second-order valence-corrected chi connectivity index (χ2v) is 5.62. The molecule has 0 N–H and O–H groups in total. The molecule has 0 bridgehead atoms. The molecule has 2 rings (SSSR count). The van der Waals surface area contributed by atoms with E-state index in [9.17, 15) is 10.1 Å². The molecule has 5 heteroatoms. The lowest BCUT2D eigenvalue weighted by molar-refractivity contribution is 0.0978. The Morgan fingerprint density at radius 1 is 1.33 bits per heavy atom. The van der Waals surface area contributed by atoms with Crippen molar-refractivity contribution in [3.8, 4) is 11.8 Å². The Hall–Kier alpha value is -1.83. The van der Waals surface area contributed by atoms with Crippen LogP contribution in [0.2, 0.25) is 5.02 Å². The van der Waals surface area contributed by atoms with Gasteiger partial charge in [-0.2, -0.15) is 5.26 Å². The number of ketones is 1. The number of nitrogens with zero attached hydrogens (tertiary/aromatic N) is 1. The minimum Gasteiger partial charge on any atom is -0.497 e. The number of carbonyl (C=O) groups is 1. The Morgan fingerprint density at radius 2 is 2.10 bits per heavy atom. The predicted octanol–water partition coefficient (Wildman–Crippen LogP) is 4.60. The standard InChI is InChI=1S/C16H11BrClNO2/c1-21-12-4-2-3-10(7-12)14(9-19)16(20)13-6-5-11(18)8-15(13)17/h2-8,14H,1H3. The summed E-state index contributed by atoms with van der Waals surface area (Å²) < 4.78 is 5.70. The van der Waals surface area contributed by atoms with Crippen molar-refractivity contribution in [3.63, 3.8) is 0 Å². The first kappa shape index (κ1) is 15.6. The van der Waals surface area contributed by atoms with Gasteiger partial charge in [0.2, 0.25) is 0 Å². The number of rotatable bonds is 4. The lowest BCUT2D eigenvalue weighted by Crippen LogP contribution is -2.12. The average Bonchev–Trinajstić information content (AvgIpc) is 2.48. The van der Waals surface area contributed by atoms with Crippen molar-refractivity contribution in [2.75, 3.05) is 7.11 Å². The summed E-state index contributed by atoms with van der Waals surface area (Å²) in [6, 6.07) is 13.9. The second-order valence-electron chi connectivity index (χ2n) is 4.33. The largest absolute Gasteiger partial charge is 0.497 e. The van der Waals surface area contributed by atoms with Gasteiger partial charge in [0.25, 0.3) is 0 Å². The molecule has 2 aromatic carbocycles. The molecule has 0 amide bonds. The van der Waals surface area contributed by atoms with Crippen LogP contribution in [0.4, 0.5) is 0 Å². The van der Waals surface area contributed by atoms with Crippen LogP contribution in [0.25, 0.3) is 0 Å². The molecule has 0 heterocycles. The van der Waals surface area contributed by atoms with Crippen molar-refractivity contribution >= 4 is 33.3 Å². The lowest BCUT2D eigenvalue weighted by Gasteiger charge is -2.11. The normalized spacial score (nSPS) is 11.5. The molecule has 106 valence electrons. The fraction of sp³-hybridized carbons (Fsp3) is 0.125. The van der Waals surface area contributed by atoms with E-state index in [2.05, 4.69) is 22.0 Å². The van der Waals surface area contributed by atoms with E-state index >= 15 is 0 Å². The van der Waals surface area contributed by atoms with Gasteiger partial charge in [0.1, 0.15) is 11.7 Å². The summed E-state index contributed by atoms with van der Waals surface area (Å²) in [7, 11) is 1.54. The molecule has 0 aromatic heterocycles. The number of nitriles is 1. The lowest BCUT2D eigenvalue weighted by atomic mass is 9.92. The molecular weight excluding hydrogens is 354 g/mol. The number of benzene rings is 2. The Bertz CT molecular complexity index is 724. The molecule has 1 unspecified atom stereocenters. The third kappa shape index (κ3) is 3.44. The highest BCUT2D eigenvalue weighted by Crippen LogP contribution is 2.28. The van der Waals surface area contributed by atoms with Gasteiger partial charge in [0.15, 0.2) is 5.78 Å². The van der Waals surface area contributed by atoms with Gasteiger partial charge < -0.3 is 4.74 Å². The first-order valence-corrected chi connectivity index (χ1v) is 7.26. The van der Waals surface area contributed by atoms with E-state index in [0.717, 1.165) is 0 Å². The third-order valence-electron chi connectivity index (χ3n) is 3.02. The number of ether oxygens (including phenoxy) is 1. The zero-order valence-corrected chi connectivity index (χ0v) is 13.5. The van der Waals surface area contributed by atoms with Crippen LogP contribution >= 0.6 is 27.5 Å². The highest BCUT2D eigenvalue weighted by atomic mass is 79.9. The molecule has 2 aromatic rings. The van der Waals surface area contributed by atoms with Crippen LogP contribution in [0.5, 0.6) is 5.75 Å². The molecule has 0 radical (unpaired) electrons. The zero-order chi connectivity index (χ0) is 15.4. The van der Waals surface area contributed by atoms with Crippen molar-refractivity contribution in [3.05, 3.63) is 63.1 Å². The minimum absolute atomic E-state index is 0.283. The van der Waals surface area contributed by atoms with Crippen LogP contribution in [0.3, 0.4) is 0 Å². The maximum atomic E-state index is 12.6. The van der Waals surface area contributed by atoms with E-state index in [1.807, 2.05) is 0 Å². The smallest absolute Gasteiger partial charge is 0.185 e. The summed E-state index contributed by atoms with van der Waals surface area (Å²) in [5, 5.41) is 9.89. The number of hydrogen-bond acceptors (Lipinski definition) is 3. The monoisotopic (exact) mass is 363 g/mol. The van der Waals surface area contributed by atoms with E-state index in [1.54, 1.807) is 42.5 Å². The fourth-order valence-corrected chi connectivity index (χ4v) is 2.83. The van der Waals surface area contributed by atoms with Gasteiger partial charge in [-0.15, -0.1) is 0 Å². The summed E-state index contributed by atoms with van der Waals surface area (Å²) in [6.07, 6.45) is 0. The quantitative estimate of drug-likeness (QED) is 0.745. The number of Topliss-reactive ketones (excluding diaryl/α,β-unsaturated/α-hetero) is 1. The highest BCUT2D eigenvalue weighted by Gasteiger charge is 2.24.